The molecule has 2 aromatic rings. The van der Waals surface area contributed by atoms with E-state index in [2.05, 4.69) is 5.32 Å². The molecule has 0 aliphatic carbocycles. The second-order valence-corrected chi connectivity index (χ2v) is 6.52. The highest BCUT2D eigenvalue weighted by molar-refractivity contribution is 5.96. The van der Waals surface area contributed by atoms with E-state index in [4.69, 9.17) is 4.74 Å². The van der Waals surface area contributed by atoms with Gasteiger partial charge in [-0.15, -0.1) is 0 Å². The minimum absolute atomic E-state index is 0.0130. The summed E-state index contributed by atoms with van der Waals surface area (Å²) in [6, 6.07) is 12.3. The molecule has 0 unspecified atom stereocenters. The molecule has 1 heterocycles. The first-order valence-electron chi connectivity index (χ1n) is 9.09. The van der Waals surface area contributed by atoms with Gasteiger partial charge in [0.15, 0.2) is 6.61 Å². The lowest BCUT2D eigenvalue weighted by Gasteiger charge is -2.26. The normalized spacial score (nSPS) is 13.6. The van der Waals surface area contributed by atoms with E-state index in [1.54, 1.807) is 24.3 Å². The molecule has 1 N–H and O–H groups in total. The van der Waals surface area contributed by atoms with E-state index in [1.807, 2.05) is 4.90 Å². The molecule has 0 aromatic heterocycles. The second kappa shape index (κ2) is 8.98. The van der Waals surface area contributed by atoms with Gasteiger partial charge in [0, 0.05) is 36.5 Å². The first-order chi connectivity index (χ1) is 13.5. The zero-order valence-corrected chi connectivity index (χ0v) is 15.3. The predicted octanol–water partition coefficient (Wildman–Crippen LogP) is 3.24. The Morgan fingerprint density at radius 2 is 1.64 bits per heavy atom. The molecule has 2 aromatic carbocycles. The largest absolute Gasteiger partial charge is 0.484 e. The van der Waals surface area contributed by atoms with Crippen LogP contribution in [-0.2, 0) is 4.79 Å². The number of nitro groups is 1. The zero-order chi connectivity index (χ0) is 19.9. The average molecular weight is 383 g/mol. The van der Waals surface area contributed by atoms with E-state index < -0.39 is 4.92 Å². The van der Waals surface area contributed by atoms with E-state index in [9.17, 15) is 19.7 Å². The van der Waals surface area contributed by atoms with E-state index >= 15 is 0 Å². The van der Waals surface area contributed by atoms with Crippen LogP contribution in [0.25, 0.3) is 0 Å². The van der Waals surface area contributed by atoms with Gasteiger partial charge in [0.1, 0.15) is 5.75 Å². The number of nitrogens with one attached hydrogen (secondary N) is 1. The molecule has 8 heteroatoms. The van der Waals surface area contributed by atoms with Crippen LogP contribution in [0.5, 0.6) is 5.75 Å². The number of nitrogens with zero attached hydrogens (tertiary/aromatic N) is 2. The summed E-state index contributed by atoms with van der Waals surface area (Å²) in [4.78, 5) is 36.4. The Hall–Kier alpha value is -3.42. The van der Waals surface area contributed by atoms with Crippen molar-refractivity contribution in [3.8, 4) is 5.75 Å². The molecule has 1 saturated heterocycles. The summed E-state index contributed by atoms with van der Waals surface area (Å²) in [7, 11) is 0. The molecular formula is C20H21N3O5. The second-order valence-electron chi connectivity index (χ2n) is 6.52. The molecule has 0 spiro atoms. The number of carbonyl (C=O) groups is 2. The number of nitro benzene ring substituents is 1. The number of carbonyl (C=O) groups excluding carboxylic acids is 2. The van der Waals surface area contributed by atoms with Gasteiger partial charge in [0.25, 0.3) is 17.5 Å². The van der Waals surface area contributed by atoms with Crippen LogP contribution in [0.1, 0.15) is 29.6 Å². The highest BCUT2D eigenvalue weighted by Crippen LogP contribution is 2.18. The summed E-state index contributed by atoms with van der Waals surface area (Å²) in [5, 5.41) is 13.3. The van der Waals surface area contributed by atoms with Gasteiger partial charge in [0.05, 0.1) is 4.92 Å². The number of piperidine rings is 1. The first-order valence-corrected chi connectivity index (χ1v) is 9.09. The molecule has 0 bridgehead atoms. The fraction of sp³-hybridized carbons (Fsp3) is 0.300. The van der Waals surface area contributed by atoms with Crippen molar-refractivity contribution in [3.05, 3.63) is 64.2 Å². The molecular weight excluding hydrogens is 362 g/mol. The van der Waals surface area contributed by atoms with Crippen LogP contribution in [0.15, 0.2) is 48.5 Å². The maximum absolute atomic E-state index is 12.4. The highest BCUT2D eigenvalue weighted by Gasteiger charge is 2.18. The average Bonchev–Trinajstić information content (AvgIpc) is 2.73. The Kier molecular flexibility index (Phi) is 6.21. The van der Waals surface area contributed by atoms with E-state index in [0.717, 1.165) is 32.4 Å². The van der Waals surface area contributed by atoms with Crippen LogP contribution >= 0.6 is 0 Å². The number of ether oxygens (including phenoxy) is 1. The Morgan fingerprint density at radius 3 is 2.25 bits per heavy atom. The van der Waals surface area contributed by atoms with Crippen molar-refractivity contribution in [2.24, 2.45) is 0 Å². The minimum Gasteiger partial charge on any atom is -0.484 e. The van der Waals surface area contributed by atoms with Gasteiger partial charge in [-0.05, 0) is 55.7 Å². The molecule has 2 amide bonds. The van der Waals surface area contributed by atoms with Gasteiger partial charge in [0.2, 0.25) is 0 Å². The Labute approximate surface area is 162 Å². The SMILES string of the molecule is O=C(COc1ccc([N+](=O)[O-])cc1)Nc1ccc(C(=O)N2CCCCC2)cc1. The Morgan fingerprint density at radius 1 is 1.00 bits per heavy atom. The summed E-state index contributed by atoms with van der Waals surface area (Å²) in [5.41, 5.74) is 1.12. The minimum atomic E-state index is -0.504. The van der Waals surface area contributed by atoms with Crippen molar-refractivity contribution in [3.63, 3.8) is 0 Å². The van der Waals surface area contributed by atoms with Gasteiger partial charge in [-0.1, -0.05) is 0 Å². The maximum Gasteiger partial charge on any atom is 0.269 e. The third-order valence-electron chi connectivity index (χ3n) is 4.48. The van der Waals surface area contributed by atoms with Gasteiger partial charge in [-0.3, -0.25) is 19.7 Å². The van der Waals surface area contributed by atoms with Gasteiger partial charge in [-0.2, -0.15) is 0 Å². The lowest BCUT2D eigenvalue weighted by atomic mass is 10.1. The Balaban J connectivity index is 1.49. The van der Waals surface area contributed by atoms with Crippen molar-refractivity contribution in [1.29, 1.82) is 0 Å². The number of rotatable bonds is 6. The number of hydrogen-bond acceptors (Lipinski definition) is 5. The number of benzene rings is 2. The third kappa shape index (κ3) is 5.06. The van der Waals surface area contributed by atoms with Crippen molar-refractivity contribution in [1.82, 2.24) is 4.90 Å². The van der Waals surface area contributed by atoms with E-state index in [1.165, 1.54) is 24.3 Å². The fourth-order valence-corrected chi connectivity index (χ4v) is 2.99. The maximum atomic E-state index is 12.4. The number of non-ortho nitro benzene ring substituents is 1. The number of likely N-dealkylation sites (tertiary alicyclic amines) is 1. The van der Waals surface area contributed by atoms with E-state index in [-0.39, 0.29) is 24.1 Å². The molecule has 8 nitrogen and oxygen atoms in total. The van der Waals surface area contributed by atoms with Gasteiger partial charge in [-0.25, -0.2) is 0 Å². The monoisotopic (exact) mass is 383 g/mol. The summed E-state index contributed by atoms with van der Waals surface area (Å²) >= 11 is 0. The molecule has 146 valence electrons. The fourth-order valence-electron chi connectivity index (χ4n) is 2.99. The molecule has 0 saturated carbocycles. The zero-order valence-electron chi connectivity index (χ0n) is 15.3. The molecule has 0 atom stereocenters. The molecule has 1 aliphatic rings. The summed E-state index contributed by atoms with van der Waals surface area (Å²) in [5.74, 6) is 0.00997. The molecule has 3 rings (SSSR count). The smallest absolute Gasteiger partial charge is 0.269 e. The summed E-state index contributed by atoms with van der Waals surface area (Å²) in [6.07, 6.45) is 3.24. The summed E-state index contributed by atoms with van der Waals surface area (Å²) < 4.78 is 5.32. The van der Waals surface area contributed by atoms with Crippen LogP contribution < -0.4 is 10.1 Å². The highest BCUT2D eigenvalue weighted by atomic mass is 16.6. The first kappa shape index (κ1) is 19.3. The predicted molar refractivity (Wildman–Crippen MR) is 103 cm³/mol. The number of amides is 2. The van der Waals surface area contributed by atoms with Crippen LogP contribution in [0.2, 0.25) is 0 Å². The molecule has 28 heavy (non-hydrogen) atoms. The number of anilines is 1. The van der Waals surface area contributed by atoms with Crippen LogP contribution in [0.3, 0.4) is 0 Å². The van der Waals surface area contributed by atoms with Crippen molar-refractivity contribution in [2.75, 3.05) is 25.0 Å². The van der Waals surface area contributed by atoms with Crippen LogP contribution in [-0.4, -0.2) is 41.3 Å². The van der Waals surface area contributed by atoms with Gasteiger partial charge >= 0.3 is 0 Å². The number of hydrogen-bond donors (Lipinski definition) is 1. The van der Waals surface area contributed by atoms with Crippen molar-refractivity contribution in [2.45, 2.75) is 19.3 Å². The standard InChI is InChI=1S/C20H21N3O5/c24-19(14-28-18-10-8-17(9-11-18)23(26)27)21-16-6-4-15(5-7-16)20(25)22-12-2-1-3-13-22/h4-11H,1-3,12-14H2,(H,21,24). The van der Waals surface area contributed by atoms with Crippen molar-refractivity contribution < 1.29 is 19.2 Å². The Bertz CT molecular complexity index is 843. The molecule has 0 radical (unpaired) electrons. The van der Waals surface area contributed by atoms with Crippen LogP contribution in [0, 0.1) is 10.1 Å². The topological polar surface area (TPSA) is 102 Å². The summed E-state index contributed by atoms with van der Waals surface area (Å²) in [6.45, 7) is 1.35. The quantitative estimate of drug-likeness (QED) is 0.609. The molecule has 1 aliphatic heterocycles. The van der Waals surface area contributed by atoms with E-state index in [0.29, 0.717) is 17.0 Å². The molecule has 1 fully saturated rings. The van der Waals surface area contributed by atoms with Crippen molar-refractivity contribution >= 4 is 23.2 Å². The third-order valence-corrected chi connectivity index (χ3v) is 4.48. The van der Waals surface area contributed by atoms with Crippen LogP contribution in [0.4, 0.5) is 11.4 Å². The lowest BCUT2D eigenvalue weighted by Crippen LogP contribution is -2.35. The lowest BCUT2D eigenvalue weighted by molar-refractivity contribution is -0.384. The van der Waals surface area contributed by atoms with Gasteiger partial charge < -0.3 is 15.0 Å².